The summed E-state index contributed by atoms with van der Waals surface area (Å²) < 4.78 is 25.7. The second-order valence-electron chi connectivity index (χ2n) is 7.75. The number of H-pyrrole nitrogens is 1. The van der Waals surface area contributed by atoms with E-state index in [0.717, 1.165) is 49.1 Å². The van der Waals surface area contributed by atoms with Gasteiger partial charge in [0, 0.05) is 44.9 Å². The molecule has 0 atom stereocenters. The third-order valence-electron chi connectivity index (χ3n) is 5.40. The summed E-state index contributed by atoms with van der Waals surface area (Å²) in [5.41, 5.74) is 5.56. The summed E-state index contributed by atoms with van der Waals surface area (Å²) in [6.45, 7) is 2.04. The van der Waals surface area contributed by atoms with E-state index in [-0.39, 0.29) is 0 Å². The number of fused-ring (bicyclic) bond motifs is 2. The second kappa shape index (κ2) is 7.92. The monoisotopic (exact) mass is 473 g/mol. The van der Waals surface area contributed by atoms with E-state index in [2.05, 4.69) is 26.1 Å². The predicted molar refractivity (Wildman–Crippen MR) is 135 cm³/mol. The molecule has 5 aromatic rings. The Kier molecular flexibility index (Phi) is 5.04. The number of aromatic nitrogens is 2. The number of benzene rings is 2. The van der Waals surface area contributed by atoms with Crippen LogP contribution in [0.4, 0.5) is 17.1 Å². The van der Waals surface area contributed by atoms with E-state index in [1.165, 1.54) is 11.3 Å². The standard InChI is InChI=1S/C24H19N5O2S2/c1-14-18-8-9-26-21(18)7-6-20(14)28-23-16(12-25)13-27-24-19(23)11-22(32-24)15-4-3-5-17(10-15)29-33(2,30)31/h3-11,13,26,29H,1-2H3,(H,27,28). The highest BCUT2D eigenvalue weighted by molar-refractivity contribution is 7.92. The molecular weight excluding hydrogens is 454 g/mol. The van der Waals surface area contributed by atoms with Crippen molar-refractivity contribution in [3.8, 4) is 16.5 Å². The molecule has 0 radical (unpaired) electrons. The lowest BCUT2D eigenvalue weighted by Gasteiger charge is -2.12. The molecule has 0 saturated carbocycles. The van der Waals surface area contributed by atoms with Gasteiger partial charge in [-0.3, -0.25) is 4.72 Å². The molecule has 7 nitrogen and oxygen atoms in total. The van der Waals surface area contributed by atoms with E-state index in [1.807, 2.05) is 43.5 Å². The Morgan fingerprint density at radius 3 is 2.76 bits per heavy atom. The minimum absolute atomic E-state index is 0.452. The molecule has 0 bridgehead atoms. The van der Waals surface area contributed by atoms with Crippen molar-refractivity contribution in [3.63, 3.8) is 0 Å². The van der Waals surface area contributed by atoms with Crippen LogP contribution in [0, 0.1) is 18.3 Å². The molecule has 164 valence electrons. The van der Waals surface area contributed by atoms with Crippen molar-refractivity contribution < 1.29 is 8.42 Å². The number of hydrogen-bond donors (Lipinski definition) is 3. The maximum atomic E-state index is 11.6. The fourth-order valence-electron chi connectivity index (χ4n) is 3.85. The summed E-state index contributed by atoms with van der Waals surface area (Å²) in [7, 11) is -3.37. The maximum Gasteiger partial charge on any atom is 0.229 e. The SMILES string of the molecule is Cc1c(Nc2c(C#N)cnc3sc(-c4cccc(NS(C)(=O)=O)c4)cc23)ccc2[nH]ccc12. The van der Waals surface area contributed by atoms with Crippen molar-refractivity contribution >= 4 is 59.5 Å². The molecule has 0 saturated heterocycles. The molecule has 5 rings (SSSR count). The Morgan fingerprint density at radius 2 is 1.97 bits per heavy atom. The number of anilines is 3. The van der Waals surface area contributed by atoms with Crippen LogP contribution in [0.15, 0.2) is 60.9 Å². The summed E-state index contributed by atoms with van der Waals surface area (Å²) in [5, 5.41) is 15.2. The molecule has 9 heteroatoms. The topological polar surface area (TPSA) is 111 Å². The van der Waals surface area contributed by atoms with Crippen molar-refractivity contribution in [2.75, 3.05) is 16.3 Å². The molecule has 0 aliphatic heterocycles. The van der Waals surface area contributed by atoms with Gasteiger partial charge in [-0.2, -0.15) is 5.26 Å². The lowest BCUT2D eigenvalue weighted by molar-refractivity contribution is 0.607. The summed E-state index contributed by atoms with van der Waals surface area (Å²) in [4.78, 5) is 9.41. The van der Waals surface area contributed by atoms with Crippen LogP contribution in [0.1, 0.15) is 11.1 Å². The van der Waals surface area contributed by atoms with Gasteiger partial charge in [0.1, 0.15) is 10.9 Å². The number of aromatic amines is 1. The minimum Gasteiger partial charge on any atom is -0.361 e. The first-order valence-electron chi connectivity index (χ1n) is 10.1. The largest absolute Gasteiger partial charge is 0.361 e. The van der Waals surface area contributed by atoms with Gasteiger partial charge < -0.3 is 10.3 Å². The first-order chi connectivity index (χ1) is 15.8. The number of rotatable bonds is 5. The van der Waals surface area contributed by atoms with Gasteiger partial charge in [0.05, 0.1) is 17.5 Å². The highest BCUT2D eigenvalue weighted by Crippen LogP contribution is 2.39. The Labute approximate surface area is 194 Å². The highest BCUT2D eigenvalue weighted by Gasteiger charge is 2.16. The lowest BCUT2D eigenvalue weighted by atomic mass is 10.1. The number of hydrogen-bond acceptors (Lipinski definition) is 6. The predicted octanol–water partition coefficient (Wildman–Crippen LogP) is 5.74. The third kappa shape index (κ3) is 4.02. The zero-order valence-corrected chi connectivity index (χ0v) is 19.4. The van der Waals surface area contributed by atoms with Crippen molar-refractivity contribution in [2.24, 2.45) is 0 Å². The Hall–Kier alpha value is -3.87. The lowest BCUT2D eigenvalue weighted by Crippen LogP contribution is -2.09. The van der Waals surface area contributed by atoms with Crippen molar-refractivity contribution in [3.05, 3.63) is 72.1 Å². The van der Waals surface area contributed by atoms with E-state index in [9.17, 15) is 13.7 Å². The van der Waals surface area contributed by atoms with Crippen LogP contribution in [0.25, 0.3) is 31.6 Å². The van der Waals surface area contributed by atoms with Crippen molar-refractivity contribution in [1.29, 1.82) is 5.26 Å². The number of nitriles is 1. The molecule has 0 unspecified atom stereocenters. The van der Waals surface area contributed by atoms with E-state index in [1.54, 1.807) is 24.4 Å². The van der Waals surface area contributed by atoms with E-state index in [0.29, 0.717) is 16.9 Å². The maximum absolute atomic E-state index is 11.6. The Balaban J connectivity index is 1.61. The van der Waals surface area contributed by atoms with Crippen LogP contribution in [-0.4, -0.2) is 24.6 Å². The molecule has 0 aliphatic carbocycles. The smallest absolute Gasteiger partial charge is 0.229 e. The molecule has 0 aliphatic rings. The van der Waals surface area contributed by atoms with Crippen LogP contribution in [0.3, 0.4) is 0 Å². The van der Waals surface area contributed by atoms with E-state index in [4.69, 9.17) is 0 Å². The van der Waals surface area contributed by atoms with Gasteiger partial charge in [-0.05, 0) is 54.4 Å². The molecule has 0 spiro atoms. The third-order valence-corrected chi connectivity index (χ3v) is 7.09. The molecule has 3 aromatic heterocycles. The molecule has 3 N–H and O–H groups in total. The van der Waals surface area contributed by atoms with Crippen LogP contribution < -0.4 is 10.0 Å². The highest BCUT2D eigenvalue weighted by atomic mass is 32.2. The zero-order valence-electron chi connectivity index (χ0n) is 17.8. The number of sulfonamides is 1. The average Bonchev–Trinajstić information content (AvgIpc) is 3.42. The summed E-state index contributed by atoms with van der Waals surface area (Å²) in [5.74, 6) is 0. The molecule has 2 aromatic carbocycles. The van der Waals surface area contributed by atoms with E-state index < -0.39 is 10.0 Å². The van der Waals surface area contributed by atoms with E-state index >= 15 is 0 Å². The van der Waals surface area contributed by atoms with Gasteiger partial charge in [-0.15, -0.1) is 11.3 Å². The van der Waals surface area contributed by atoms with Crippen LogP contribution >= 0.6 is 11.3 Å². The zero-order chi connectivity index (χ0) is 23.2. The van der Waals surface area contributed by atoms with Crippen molar-refractivity contribution in [2.45, 2.75) is 6.92 Å². The van der Waals surface area contributed by atoms with Crippen molar-refractivity contribution in [1.82, 2.24) is 9.97 Å². The summed E-state index contributed by atoms with van der Waals surface area (Å²) in [6, 6.07) is 17.5. The number of aryl methyl sites for hydroxylation is 1. The minimum atomic E-state index is -3.37. The van der Waals surface area contributed by atoms with Gasteiger partial charge in [0.25, 0.3) is 0 Å². The second-order valence-corrected chi connectivity index (χ2v) is 10.5. The number of nitrogens with zero attached hydrogens (tertiary/aromatic N) is 2. The van der Waals surface area contributed by atoms with Gasteiger partial charge in [-0.1, -0.05) is 12.1 Å². The van der Waals surface area contributed by atoms with Gasteiger partial charge >= 0.3 is 0 Å². The first-order valence-corrected chi connectivity index (χ1v) is 12.8. The number of thiophene rings is 1. The molecule has 33 heavy (non-hydrogen) atoms. The van der Waals surface area contributed by atoms with Crippen LogP contribution in [0.5, 0.6) is 0 Å². The van der Waals surface area contributed by atoms with Gasteiger partial charge in [-0.25, -0.2) is 13.4 Å². The number of pyridine rings is 1. The molecule has 3 heterocycles. The fraction of sp³-hybridized carbons (Fsp3) is 0.0833. The molecule has 0 fully saturated rings. The van der Waals surface area contributed by atoms with Crippen LogP contribution in [0.2, 0.25) is 0 Å². The summed E-state index contributed by atoms with van der Waals surface area (Å²) in [6.07, 6.45) is 4.61. The Morgan fingerprint density at radius 1 is 1.12 bits per heavy atom. The number of nitrogens with one attached hydrogen (secondary N) is 3. The van der Waals surface area contributed by atoms with Gasteiger partial charge in [0.15, 0.2) is 0 Å². The normalized spacial score (nSPS) is 11.5. The average molecular weight is 474 g/mol. The van der Waals surface area contributed by atoms with Crippen LogP contribution in [-0.2, 0) is 10.0 Å². The Bertz CT molecular complexity index is 1680. The fourth-order valence-corrected chi connectivity index (χ4v) is 5.42. The molecule has 0 amide bonds. The summed E-state index contributed by atoms with van der Waals surface area (Å²) >= 11 is 1.49. The first kappa shape index (κ1) is 21.0. The van der Waals surface area contributed by atoms with Gasteiger partial charge in [0.2, 0.25) is 10.0 Å². The molecular formula is C24H19N5O2S2. The quantitative estimate of drug-likeness (QED) is 0.301.